The number of nitrogens with one attached hydrogen (secondary N) is 2. The number of carbonyl (C=O) groups is 1. The first-order chi connectivity index (χ1) is 13.3. The minimum atomic E-state index is -3.85. The van der Waals surface area contributed by atoms with Gasteiger partial charge in [0.05, 0.1) is 10.6 Å². The molecule has 0 aliphatic carbocycles. The van der Waals surface area contributed by atoms with Crippen molar-refractivity contribution in [3.8, 4) is 0 Å². The molecule has 28 heavy (non-hydrogen) atoms. The second kappa shape index (κ2) is 8.28. The molecule has 144 valence electrons. The Kier molecular flexibility index (Phi) is 5.81. The van der Waals surface area contributed by atoms with Gasteiger partial charge < -0.3 is 5.32 Å². The van der Waals surface area contributed by atoms with Gasteiger partial charge in [-0.2, -0.15) is 0 Å². The number of anilines is 1. The molecule has 0 bridgehead atoms. The van der Waals surface area contributed by atoms with Crippen LogP contribution in [0.25, 0.3) is 0 Å². The van der Waals surface area contributed by atoms with Gasteiger partial charge in [-0.25, -0.2) is 21.9 Å². The van der Waals surface area contributed by atoms with E-state index < -0.39 is 27.6 Å². The van der Waals surface area contributed by atoms with Crippen LogP contribution in [0.2, 0.25) is 0 Å². The van der Waals surface area contributed by atoms with Gasteiger partial charge in [0.2, 0.25) is 10.0 Å². The lowest BCUT2D eigenvalue weighted by Gasteiger charge is -2.10. The molecule has 0 unspecified atom stereocenters. The second-order valence-electron chi connectivity index (χ2n) is 5.92. The molecule has 0 atom stereocenters. The highest BCUT2D eigenvalue weighted by Crippen LogP contribution is 2.18. The van der Waals surface area contributed by atoms with Gasteiger partial charge in [0.1, 0.15) is 11.6 Å². The number of sulfonamides is 1. The summed E-state index contributed by atoms with van der Waals surface area (Å²) >= 11 is 0. The molecule has 3 rings (SSSR count). The Balaban J connectivity index is 1.76. The van der Waals surface area contributed by atoms with E-state index in [4.69, 9.17) is 0 Å². The smallest absolute Gasteiger partial charge is 0.255 e. The van der Waals surface area contributed by atoms with Crippen molar-refractivity contribution in [3.05, 3.63) is 95.6 Å². The lowest BCUT2D eigenvalue weighted by Crippen LogP contribution is -2.23. The zero-order valence-corrected chi connectivity index (χ0v) is 15.3. The first-order valence-corrected chi connectivity index (χ1v) is 9.73. The van der Waals surface area contributed by atoms with Gasteiger partial charge >= 0.3 is 0 Å². The summed E-state index contributed by atoms with van der Waals surface area (Å²) < 4.78 is 54.1. The summed E-state index contributed by atoms with van der Waals surface area (Å²) in [7, 11) is -3.85. The van der Waals surface area contributed by atoms with Crippen molar-refractivity contribution in [1.82, 2.24) is 4.72 Å². The first-order valence-electron chi connectivity index (χ1n) is 8.25. The molecular formula is C20H16F2N2O3S. The Morgan fingerprint density at radius 1 is 0.893 bits per heavy atom. The van der Waals surface area contributed by atoms with Crippen molar-refractivity contribution in [1.29, 1.82) is 0 Å². The van der Waals surface area contributed by atoms with Gasteiger partial charge in [-0.05, 0) is 35.9 Å². The van der Waals surface area contributed by atoms with E-state index >= 15 is 0 Å². The van der Waals surface area contributed by atoms with E-state index in [1.54, 1.807) is 24.3 Å². The molecule has 0 aromatic heterocycles. The van der Waals surface area contributed by atoms with Gasteiger partial charge in [0, 0.05) is 18.2 Å². The third-order valence-corrected chi connectivity index (χ3v) is 5.29. The molecule has 0 saturated carbocycles. The average molecular weight is 402 g/mol. The second-order valence-corrected chi connectivity index (χ2v) is 7.68. The molecule has 0 heterocycles. The molecule has 8 heteroatoms. The predicted molar refractivity (Wildman–Crippen MR) is 101 cm³/mol. The van der Waals surface area contributed by atoms with Crippen molar-refractivity contribution in [2.75, 3.05) is 5.32 Å². The molecular weight excluding hydrogens is 386 g/mol. The number of hydrogen-bond acceptors (Lipinski definition) is 3. The fourth-order valence-electron chi connectivity index (χ4n) is 2.45. The van der Waals surface area contributed by atoms with Crippen molar-refractivity contribution in [3.63, 3.8) is 0 Å². The standard InChI is InChI=1S/C20H16F2N2O3S/c21-16-9-10-19(18(22)12-16)24-20(25)15-7-4-8-17(11-15)28(26,27)23-13-14-5-2-1-3-6-14/h1-12,23H,13H2,(H,24,25). The average Bonchev–Trinajstić information content (AvgIpc) is 2.69. The molecule has 3 aromatic rings. The fraction of sp³-hybridized carbons (Fsp3) is 0.0500. The number of benzene rings is 3. The van der Waals surface area contributed by atoms with E-state index in [9.17, 15) is 22.0 Å². The van der Waals surface area contributed by atoms with Gasteiger partial charge in [-0.1, -0.05) is 36.4 Å². The Labute approximate surface area is 161 Å². The molecule has 0 aliphatic rings. The van der Waals surface area contributed by atoms with E-state index in [1.165, 1.54) is 24.3 Å². The summed E-state index contributed by atoms with van der Waals surface area (Å²) in [6.07, 6.45) is 0. The molecule has 0 spiro atoms. The number of carbonyl (C=O) groups excluding carboxylic acids is 1. The van der Waals surface area contributed by atoms with Crippen LogP contribution >= 0.6 is 0 Å². The van der Waals surface area contributed by atoms with Gasteiger partial charge in [-0.15, -0.1) is 0 Å². The quantitative estimate of drug-likeness (QED) is 0.660. The molecule has 2 N–H and O–H groups in total. The molecule has 0 saturated heterocycles. The summed E-state index contributed by atoms with van der Waals surface area (Å²) in [6, 6.07) is 17.1. The Morgan fingerprint density at radius 2 is 1.64 bits per heavy atom. The Hall–Kier alpha value is -3.10. The maximum atomic E-state index is 13.7. The zero-order valence-electron chi connectivity index (χ0n) is 14.5. The summed E-state index contributed by atoms with van der Waals surface area (Å²) in [5.41, 5.74) is 0.597. The summed E-state index contributed by atoms with van der Waals surface area (Å²) in [5, 5.41) is 2.29. The van der Waals surface area contributed by atoms with E-state index in [0.29, 0.717) is 6.07 Å². The maximum absolute atomic E-state index is 13.7. The van der Waals surface area contributed by atoms with E-state index in [2.05, 4.69) is 10.0 Å². The number of hydrogen-bond donors (Lipinski definition) is 2. The lowest BCUT2D eigenvalue weighted by atomic mass is 10.2. The van der Waals surface area contributed by atoms with Crippen molar-refractivity contribution in [2.45, 2.75) is 11.4 Å². The molecule has 0 fully saturated rings. The molecule has 3 aromatic carbocycles. The first kappa shape index (κ1) is 19.7. The van der Waals surface area contributed by atoms with Crippen LogP contribution in [0.15, 0.2) is 77.7 Å². The number of amides is 1. The summed E-state index contributed by atoms with van der Waals surface area (Å²) in [6.45, 7) is 0.0976. The van der Waals surface area contributed by atoms with Crippen LogP contribution in [0.4, 0.5) is 14.5 Å². The predicted octanol–water partition coefficient (Wildman–Crippen LogP) is 3.70. The molecule has 0 radical (unpaired) electrons. The molecule has 1 amide bonds. The van der Waals surface area contributed by atoms with Crippen LogP contribution in [-0.4, -0.2) is 14.3 Å². The largest absolute Gasteiger partial charge is 0.319 e. The van der Waals surface area contributed by atoms with Crippen LogP contribution in [0.5, 0.6) is 0 Å². The van der Waals surface area contributed by atoms with Gasteiger partial charge in [0.25, 0.3) is 5.91 Å². The molecule has 5 nitrogen and oxygen atoms in total. The number of halogens is 2. The fourth-order valence-corrected chi connectivity index (χ4v) is 3.51. The number of rotatable bonds is 6. The van der Waals surface area contributed by atoms with E-state index in [0.717, 1.165) is 17.7 Å². The van der Waals surface area contributed by atoms with Crippen LogP contribution in [0.1, 0.15) is 15.9 Å². The normalized spacial score (nSPS) is 11.2. The van der Waals surface area contributed by atoms with Crippen molar-refractivity contribution >= 4 is 21.6 Å². The van der Waals surface area contributed by atoms with Crippen molar-refractivity contribution in [2.24, 2.45) is 0 Å². The van der Waals surface area contributed by atoms with Crippen LogP contribution < -0.4 is 10.0 Å². The highest BCUT2D eigenvalue weighted by Gasteiger charge is 2.17. The van der Waals surface area contributed by atoms with Crippen LogP contribution in [0, 0.1) is 11.6 Å². The monoisotopic (exact) mass is 402 g/mol. The third kappa shape index (κ3) is 4.79. The topological polar surface area (TPSA) is 75.3 Å². The van der Waals surface area contributed by atoms with Gasteiger partial charge in [-0.3, -0.25) is 4.79 Å². The van der Waals surface area contributed by atoms with Crippen LogP contribution in [-0.2, 0) is 16.6 Å². The highest BCUT2D eigenvalue weighted by atomic mass is 32.2. The third-order valence-electron chi connectivity index (χ3n) is 3.89. The van der Waals surface area contributed by atoms with Crippen molar-refractivity contribution < 1.29 is 22.0 Å². The minimum absolute atomic E-state index is 0.0197. The summed E-state index contributed by atoms with van der Waals surface area (Å²) in [4.78, 5) is 12.2. The maximum Gasteiger partial charge on any atom is 0.255 e. The van der Waals surface area contributed by atoms with E-state index in [1.807, 2.05) is 6.07 Å². The van der Waals surface area contributed by atoms with Gasteiger partial charge in [0.15, 0.2) is 0 Å². The van der Waals surface area contributed by atoms with E-state index in [-0.39, 0.29) is 22.7 Å². The lowest BCUT2D eigenvalue weighted by molar-refractivity contribution is 0.102. The minimum Gasteiger partial charge on any atom is -0.319 e. The summed E-state index contributed by atoms with van der Waals surface area (Å²) in [5.74, 6) is -2.42. The Morgan fingerprint density at radius 3 is 2.36 bits per heavy atom. The highest BCUT2D eigenvalue weighted by molar-refractivity contribution is 7.89. The van der Waals surface area contributed by atoms with Crippen LogP contribution in [0.3, 0.4) is 0 Å². The SMILES string of the molecule is O=C(Nc1ccc(F)cc1F)c1cccc(S(=O)(=O)NCc2ccccc2)c1. The molecule has 0 aliphatic heterocycles. The Bertz CT molecular complexity index is 1100. The zero-order chi connectivity index (χ0) is 20.1.